The van der Waals surface area contributed by atoms with E-state index in [1.807, 2.05) is 0 Å². The zero-order valence-electron chi connectivity index (χ0n) is 25.1. The number of hydrogen-bond acceptors (Lipinski definition) is 4. The third kappa shape index (κ3) is 8.74. The molecule has 4 amide bonds. The van der Waals surface area contributed by atoms with Gasteiger partial charge in [0.05, 0.1) is 5.92 Å². The summed E-state index contributed by atoms with van der Waals surface area (Å²) in [5.74, 6) is -1.27. The number of carbonyl (C=O) groups excluding carboxylic acids is 4. The van der Waals surface area contributed by atoms with Gasteiger partial charge in [-0.2, -0.15) is 0 Å². The molecule has 2 unspecified atom stereocenters. The Labute approximate surface area is 261 Å². The van der Waals surface area contributed by atoms with Crippen molar-refractivity contribution in [1.29, 1.82) is 0 Å². The van der Waals surface area contributed by atoms with Gasteiger partial charge in [-0.1, -0.05) is 24.3 Å². The van der Waals surface area contributed by atoms with Gasteiger partial charge in [0.25, 0.3) is 11.8 Å². The second-order valence-electron chi connectivity index (χ2n) is 11.8. The molecule has 2 aliphatic heterocycles. The predicted molar refractivity (Wildman–Crippen MR) is 165 cm³/mol. The molecule has 3 aromatic carbocycles. The number of rotatable bonds is 11. The maximum atomic E-state index is 13.1. The third-order valence-electron chi connectivity index (χ3n) is 8.55. The van der Waals surface area contributed by atoms with E-state index in [1.165, 1.54) is 24.3 Å². The predicted octanol–water partition coefficient (Wildman–Crippen LogP) is 4.00. The highest BCUT2D eigenvalue weighted by Crippen LogP contribution is 2.23. The van der Waals surface area contributed by atoms with Crippen LogP contribution in [0.5, 0.6) is 0 Å². The largest absolute Gasteiger partial charge is 0.356 e. The van der Waals surface area contributed by atoms with Crippen LogP contribution >= 0.6 is 0 Å². The lowest BCUT2D eigenvalue weighted by Crippen LogP contribution is -2.35. The zero-order chi connectivity index (χ0) is 31.8. The number of nitrogens with zero attached hydrogens (tertiary/aromatic N) is 2. The van der Waals surface area contributed by atoms with Gasteiger partial charge in [0, 0.05) is 56.8 Å². The second-order valence-corrected chi connectivity index (χ2v) is 11.8. The fourth-order valence-corrected chi connectivity index (χ4v) is 5.92. The first-order valence-electron chi connectivity index (χ1n) is 15.5. The number of amides is 4. The molecule has 5 rings (SSSR count). The summed E-state index contributed by atoms with van der Waals surface area (Å²) in [6.45, 7) is 2.77. The maximum absolute atomic E-state index is 13.1. The smallest absolute Gasteiger partial charge is 0.253 e. The SMILES string of the molecule is O=C(CC1CCN(C(=O)c2ccc(C(=O)N3CCC(C(=O)NCCc4ccc(F)cc4)C3)cc2)C1)NCCc1ccc(F)cc1. The van der Waals surface area contributed by atoms with Crippen LogP contribution < -0.4 is 10.6 Å². The molecule has 0 aliphatic carbocycles. The maximum Gasteiger partial charge on any atom is 0.253 e. The summed E-state index contributed by atoms with van der Waals surface area (Å²) < 4.78 is 26.1. The third-order valence-corrected chi connectivity index (χ3v) is 8.55. The number of likely N-dealkylation sites (tertiary alicyclic amines) is 2. The summed E-state index contributed by atoms with van der Waals surface area (Å²) in [7, 11) is 0. The van der Waals surface area contributed by atoms with Gasteiger partial charge in [-0.05, 0) is 91.3 Å². The van der Waals surface area contributed by atoms with Crippen LogP contribution in [0, 0.1) is 23.5 Å². The van der Waals surface area contributed by atoms with Gasteiger partial charge in [0.15, 0.2) is 0 Å². The Morgan fingerprint density at radius 2 is 1.13 bits per heavy atom. The van der Waals surface area contributed by atoms with Crippen molar-refractivity contribution in [2.45, 2.75) is 32.1 Å². The Hall–Kier alpha value is -4.60. The fourth-order valence-electron chi connectivity index (χ4n) is 5.92. The van der Waals surface area contributed by atoms with E-state index in [-0.39, 0.29) is 47.1 Å². The number of benzene rings is 3. The normalized spacial score (nSPS) is 17.7. The minimum atomic E-state index is -0.296. The van der Waals surface area contributed by atoms with Gasteiger partial charge in [-0.25, -0.2) is 8.78 Å². The molecule has 2 N–H and O–H groups in total. The van der Waals surface area contributed by atoms with Gasteiger partial charge in [0.1, 0.15) is 11.6 Å². The molecule has 0 spiro atoms. The highest BCUT2D eigenvalue weighted by Gasteiger charge is 2.32. The molecule has 0 saturated carbocycles. The first kappa shape index (κ1) is 31.8. The first-order chi connectivity index (χ1) is 21.7. The van der Waals surface area contributed by atoms with Gasteiger partial charge < -0.3 is 20.4 Å². The van der Waals surface area contributed by atoms with Crippen molar-refractivity contribution in [2.75, 3.05) is 39.3 Å². The first-order valence-corrected chi connectivity index (χ1v) is 15.5. The highest BCUT2D eigenvalue weighted by molar-refractivity contribution is 5.98. The molecule has 2 aliphatic rings. The van der Waals surface area contributed by atoms with Crippen LogP contribution in [0.15, 0.2) is 72.8 Å². The molecule has 0 radical (unpaired) electrons. The molecule has 2 saturated heterocycles. The van der Waals surface area contributed by atoms with E-state index >= 15 is 0 Å². The summed E-state index contributed by atoms with van der Waals surface area (Å²) in [5.41, 5.74) is 2.83. The fraction of sp³-hybridized carbons (Fsp3) is 0.371. The standard InChI is InChI=1S/C35H38F2N4O4/c36-30-9-1-24(2-10-30)13-17-38-32(42)21-26-15-19-40(22-26)34(44)27-5-7-28(8-6-27)35(45)41-20-16-29(23-41)33(43)39-18-14-25-3-11-31(37)12-4-25/h1-12,26,29H,13-23H2,(H,38,42)(H,39,43). The minimum Gasteiger partial charge on any atom is -0.356 e. The quantitative estimate of drug-likeness (QED) is 0.341. The number of hydrogen-bond donors (Lipinski definition) is 2. The van der Waals surface area contributed by atoms with Crippen molar-refractivity contribution >= 4 is 23.6 Å². The average molecular weight is 617 g/mol. The van der Waals surface area contributed by atoms with Gasteiger partial charge in [-0.3, -0.25) is 19.2 Å². The minimum absolute atomic E-state index is 0.0640. The number of halogens is 2. The van der Waals surface area contributed by atoms with E-state index in [4.69, 9.17) is 0 Å². The van der Waals surface area contributed by atoms with Crippen LogP contribution in [0.1, 0.15) is 51.1 Å². The Kier molecular flexibility index (Phi) is 10.5. The molecule has 3 aromatic rings. The highest BCUT2D eigenvalue weighted by atomic mass is 19.1. The molecule has 2 heterocycles. The van der Waals surface area contributed by atoms with Crippen molar-refractivity contribution in [2.24, 2.45) is 11.8 Å². The van der Waals surface area contributed by atoms with Crippen LogP contribution in [0.25, 0.3) is 0 Å². The number of carbonyl (C=O) groups is 4. The van der Waals surface area contributed by atoms with E-state index in [0.29, 0.717) is 76.1 Å². The van der Waals surface area contributed by atoms with E-state index in [2.05, 4.69) is 10.6 Å². The lowest BCUT2D eigenvalue weighted by atomic mass is 10.0. The lowest BCUT2D eigenvalue weighted by Gasteiger charge is -2.18. The van der Waals surface area contributed by atoms with E-state index in [9.17, 15) is 28.0 Å². The molecule has 2 atom stereocenters. The molecule has 0 aromatic heterocycles. The van der Waals surface area contributed by atoms with Crippen LogP contribution in [0.3, 0.4) is 0 Å². The summed E-state index contributed by atoms with van der Waals surface area (Å²) >= 11 is 0. The Morgan fingerprint density at radius 1 is 0.644 bits per heavy atom. The van der Waals surface area contributed by atoms with E-state index in [1.54, 1.807) is 58.3 Å². The molecular formula is C35H38F2N4O4. The van der Waals surface area contributed by atoms with Gasteiger partial charge >= 0.3 is 0 Å². The van der Waals surface area contributed by atoms with E-state index < -0.39 is 0 Å². The molecule has 236 valence electrons. The van der Waals surface area contributed by atoms with Crippen molar-refractivity contribution in [3.8, 4) is 0 Å². The molecular weight excluding hydrogens is 578 g/mol. The van der Waals surface area contributed by atoms with Crippen molar-refractivity contribution in [3.63, 3.8) is 0 Å². The average Bonchev–Trinajstić information content (AvgIpc) is 3.73. The van der Waals surface area contributed by atoms with Crippen LogP contribution in [0.2, 0.25) is 0 Å². The van der Waals surface area contributed by atoms with Gasteiger partial charge in [-0.15, -0.1) is 0 Å². The molecule has 45 heavy (non-hydrogen) atoms. The lowest BCUT2D eigenvalue weighted by molar-refractivity contribution is -0.124. The second kappa shape index (κ2) is 14.9. The Balaban J connectivity index is 1.02. The van der Waals surface area contributed by atoms with Crippen LogP contribution in [-0.4, -0.2) is 72.7 Å². The Bertz CT molecular complexity index is 1500. The van der Waals surface area contributed by atoms with Crippen molar-refractivity contribution in [3.05, 3.63) is 107 Å². The zero-order valence-corrected chi connectivity index (χ0v) is 25.1. The molecule has 2 fully saturated rings. The molecule has 8 nitrogen and oxygen atoms in total. The van der Waals surface area contributed by atoms with Crippen LogP contribution in [-0.2, 0) is 22.4 Å². The van der Waals surface area contributed by atoms with Crippen LogP contribution in [0.4, 0.5) is 8.78 Å². The number of nitrogens with one attached hydrogen (secondary N) is 2. The Morgan fingerprint density at radius 3 is 1.69 bits per heavy atom. The summed E-state index contributed by atoms with van der Waals surface area (Å²) in [6, 6.07) is 19.0. The van der Waals surface area contributed by atoms with E-state index in [0.717, 1.165) is 17.5 Å². The summed E-state index contributed by atoms with van der Waals surface area (Å²) in [5, 5.41) is 5.83. The summed E-state index contributed by atoms with van der Waals surface area (Å²) in [4.78, 5) is 54.7. The topological polar surface area (TPSA) is 98.8 Å². The molecule has 0 bridgehead atoms. The van der Waals surface area contributed by atoms with Crippen molar-refractivity contribution < 1.29 is 28.0 Å². The van der Waals surface area contributed by atoms with Gasteiger partial charge in [0.2, 0.25) is 11.8 Å². The summed E-state index contributed by atoms with van der Waals surface area (Å²) in [6.07, 6.45) is 2.87. The molecule has 10 heteroatoms. The van der Waals surface area contributed by atoms with Crippen molar-refractivity contribution in [1.82, 2.24) is 20.4 Å². The monoisotopic (exact) mass is 616 g/mol.